The second-order valence-corrected chi connectivity index (χ2v) is 10.7. The summed E-state index contributed by atoms with van der Waals surface area (Å²) in [5.74, 6) is -0.850. The van der Waals surface area contributed by atoms with Crippen LogP contribution in [0.4, 0.5) is 4.39 Å². The molecule has 34 heavy (non-hydrogen) atoms. The van der Waals surface area contributed by atoms with Gasteiger partial charge in [-0.2, -0.15) is 0 Å². The van der Waals surface area contributed by atoms with Crippen molar-refractivity contribution in [3.8, 4) is 5.75 Å². The molecule has 0 saturated heterocycles. The SMILES string of the molecule is CC1(C)CCC(C)(C)c2cc(COc3ccc([C@H](CC(=O)O)c4ccc(F)cc4)cc3)ccc21. The van der Waals surface area contributed by atoms with Crippen molar-refractivity contribution < 1.29 is 19.0 Å². The van der Waals surface area contributed by atoms with Crippen LogP contribution < -0.4 is 4.74 Å². The van der Waals surface area contributed by atoms with Gasteiger partial charge in [0, 0.05) is 5.92 Å². The van der Waals surface area contributed by atoms with E-state index in [2.05, 4.69) is 45.9 Å². The second-order valence-electron chi connectivity index (χ2n) is 10.7. The van der Waals surface area contributed by atoms with E-state index < -0.39 is 5.97 Å². The number of aliphatic carboxylic acids is 1. The molecule has 0 bridgehead atoms. The van der Waals surface area contributed by atoms with E-state index in [4.69, 9.17) is 4.74 Å². The number of hydrogen-bond donors (Lipinski definition) is 1. The molecule has 0 spiro atoms. The first-order valence-electron chi connectivity index (χ1n) is 11.9. The maximum absolute atomic E-state index is 13.3. The van der Waals surface area contributed by atoms with Crippen molar-refractivity contribution in [1.82, 2.24) is 0 Å². The van der Waals surface area contributed by atoms with Crippen molar-refractivity contribution in [2.45, 2.75) is 70.3 Å². The number of fused-ring (bicyclic) bond motifs is 1. The Hall–Kier alpha value is -3.14. The monoisotopic (exact) mass is 460 g/mol. The molecule has 1 aliphatic rings. The van der Waals surface area contributed by atoms with Crippen LogP contribution in [-0.2, 0) is 22.2 Å². The minimum Gasteiger partial charge on any atom is -0.489 e. The molecule has 0 aliphatic heterocycles. The van der Waals surface area contributed by atoms with Crippen LogP contribution in [0.3, 0.4) is 0 Å². The van der Waals surface area contributed by atoms with Crippen molar-refractivity contribution in [1.29, 1.82) is 0 Å². The van der Waals surface area contributed by atoms with Gasteiger partial charge in [0.15, 0.2) is 0 Å². The highest BCUT2D eigenvalue weighted by Gasteiger charge is 2.36. The lowest BCUT2D eigenvalue weighted by Gasteiger charge is -2.42. The lowest BCUT2D eigenvalue weighted by molar-refractivity contribution is -0.137. The highest BCUT2D eigenvalue weighted by Crippen LogP contribution is 2.46. The third kappa shape index (κ3) is 5.16. The molecule has 0 heterocycles. The molecule has 3 aromatic carbocycles. The first-order valence-corrected chi connectivity index (χ1v) is 11.9. The Labute approximate surface area is 201 Å². The lowest BCUT2D eigenvalue weighted by atomic mass is 9.63. The summed E-state index contributed by atoms with van der Waals surface area (Å²) in [6.07, 6.45) is 2.30. The molecule has 3 nitrogen and oxygen atoms in total. The highest BCUT2D eigenvalue weighted by molar-refractivity contribution is 5.69. The number of rotatable bonds is 7. The Kier molecular flexibility index (Phi) is 6.53. The standard InChI is InChI=1S/C30H33FO3/c1-29(2)15-16-30(3,4)27-17-20(5-14-26(27)29)19-34-24-12-8-22(9-13-24)25(18-28(32)33)21-6-10-23(31)11-7-21/h5-14,17,25H,15-16,18-19H2,1-4H3,(H,32,33)/t25-/m1/s1. The summed E-state index contributed by atoms with van der Waals surface area (Å²) < 4.78 is 19.4. The topological polar surface area (TPSA) is 46.5 Å². The fraction of sp³-hybridized carbons (Fsp3) is 0.367. The maximum atomic E-state index is 13.3. The number of hydrogen-bond acceptors (Lipinski definition) is 2. The average Bonchev–Trinajstić information content (AvgIpc) is 2.80. The van der Waals surface area contributed by atoms with E-state index >= 15 is 0 Å². The van der Waals surface area contributed by atoms with E-state index in [9.17, 15) is 14.3 Å². The number of carboxylic acid groups (broad SMARTS) is 1. The predicted molar refractivity (Wildman–Crippen MR) is 133 cm³/mol. The predicted octanol–water partition coefficient (Wildman–Crippen LogP) is 7.36. The van der Waals surface area contributed by atoms with Gasteiger partial charge in [0.1, 0.15) is 18.2 Å². The number of carboxylic acids is 1. The molecule has 1 N–H and O–H groups in total. The van der Waals surface area contributed by atoms with Crippen LogP contribution in [0.5, 0.6) is 5.75 Å². The van der Waals surface area contributed by atoms with Crippen LogP contribution >= 0.6 is 0 Å². The Morgan fingerprint density at radius 1 is 0.882 bits per heavy atom. The van der Waals surface area contributed by atoms with Crippen LogP contribution in [0.1, 0.15) is 80.7 Å². The fourth-order valence-electron chi connectivity index (χ4n) is 4.99. The van der Waals surface area contributed by atoms with Crippen LogP contribution in [0.2, 0.25) is 0 Å². The van der Waals surface area contributed by atoms with Crippen LogP contribution in [0.25, 0.3) is 0 Å². The summed E-state index contributed by atoms with van der Waals surface area (Å²) in [5, 5.41) is 9.38. The van der Waals surface area contributed by atoms with Crippen molar-refractivity contribution in [2.75, 3.05) is 0 Å². The highest BCUT2D eigenvalue weighted by atomic mass is 19.1. The van der Waals surface area contributed by atoms with Crippen LogP contribution in [0, 0.1) is 5.82 Å². The first kappa shape index (κ1) is 24.0. The Morgan fingerprint density at radius 2 is 1.44 bits per heavy atom. The Bertz CT molecular complexity index is 1160. The van der Waals surface area contributed by atoms with Gasteiger partial charge in [-0.15, -0.1) is 0 Å². The first-order chi connectivity index (χ1) is 16.0. The maximum Gasteiger partial charge on any atom is 0.304 e. The molecule has 1 aliphatic carbocycles. The molecule has 4 rings (SSSR count). The molecule has 4 heteroatoms. The Balaban J connectivity index is 1.50. The molecule has 0 radical (unpaired) electrons. The summed E-state index contributed by atoms with van der Waals surface area (Å²) in [6, 6.07) is 20.3. The van der Waals surface area contributed by atoms with Gasteiger partial charge in [0.2, 0.25) is 0 Å². The molecular weight excluding hydrogens is 427 g/mol. The van der Waals surface area contributed by atoms with Gasteiger partial charge < -0.3 is 9.84 Å². The summed E-state index contributed by atoms with van der Waals surface area (Å²) in [6.45, 7) is 9.75. The number of halogens is 1. The van der Waals surface area contributed by atoms with Gasteiger partial charge in [0.05, 0.1) is 6.42 Å². The van der Waals surface area contributed by atoms with Crippen molar-refractivity contribution in [2.24, 2.45) is 0 Å². The largest absolute Gasteiger partial charge is 0.489 e. The third-order valence-electron chi connectivity index (χ3n) is 7.26. The summed E-state index contributed by atoms with van der Waals surface area (Å²) in [4.78, 5) is 11.4. The zero-order chi connectivity index (χ0) is 24.5. The van der Waals surface area contributed by atoms with Gasteiger partial charge in [-0.05, 0) is 75.8 Å². The number of ether oxygens (including phenoxy) is 1. The van der Waals surface area contributed by atoms with Gasteiger partial charge in [-0.1, -0.05) is 70.2 Å². The fourth-order valence-corrected chi connectivity index (χ4v) is 4.99. The lowest BCUT2D eigenvalue weighted by Crippen LogP contribution is -2.33. The van der Waals surface area contributed by atoms with E-state index in [-0.39, 0.29) is 29.0 Å². The van der Waals surface area contributed by atoms with Gasteiger partial charge >= 0.3 is 5.97 Å². The van der Waals surface area contributed by atoms with E-state index in [1.165, 1.54) is 36.1 Å². The number of benzene rings is 3. The minimum absolute atomic E-state index is 0.0624. The summed E-state index contributed by atoms with van der Waals surface area (Å²) in [5.41, 5.74) is 5.97. The van der Waals surface area contributed by atoms with Crippen molar-refractivity contribution in [3.63, 3.8) is 0 Å². The third-order valence-corrected chi connectivity index (χ3v) is 7.26. The van der Waals surface area contributed by atoms with Crippen LogP contribution in [-0.4, -0.2) is 11.1 Å². The molecule has 178 valence electrons. The quantitative estimate of drug-likeness (QED) is 0.401. The Morgan fingerprint density at radius 3 is 2.03 bits per heavy atom. The van der Waals surface area contributed by atoms with Gasteiger partial charge in [0.25, 0.3) is 0 Å². The zero-order valence-electron chi connectivity index (χ0n) is 20.4. The molecule has 0 unspecified atom stereocenters. The van der Waals surface area contributed by atoms with E-state index in [0.29, 0.717) is 6.61 Å². The van der Waals surface area contributed by atoms with E-state index in [1.54, 1.807) is 12.1 Å². The zero-order valence-corrected chi connectivity index (χ0v) is 20.4. The van der Waals surface area contributed by atoms with Gasteiger partial charge in [-0.3, -0.25) is 4.79 Å². The smallest absolute Gasteiger partial charge is 0.304 e. The van der Waals surface area contributed by atoms with E-state index in [0.717, 1.165) is 22.4 Å². The average molecular weight is 461 g/mol. The van der Waals surface area contributed by atoms with Crippen molar-refractivity contribution in [3.05, 3.63) is 100 Å². The summed E-state index contributed by atoms with van der Waals surface area (Å²) in [7, 11) is 0. The van der Waals surface area contributed by atoms with Crippen LogP contribution in [0.15, 0.2) is 66.7 Å². The molecule has 0 saturated carbocycles. The van der Waals surface area contributed by atoms with Gasteiger partial charge in [-0.25, -0.2) is 4.39 Å². The number of carbonyl (C=O) groups is 1. The molecule has 0 aromatic heterocycles. The van der Waals surface area contributed by atoms with Crippen molar-refractivity contribution >= 4 is 5.97 Å². The normalized spacial score (nSPS) is 17.0. The molecule has 0 amide bonds. The minimum atomic E-state index is -0.895. The second kappa shape index (κ2) is 9.25. The molecule has 0 fully saturated rings. The molecular formula is C30H33FO3. The van der Waals surface area contributed by atoms with E-state index in [1.807, 2.05) is 24.3 Å². The molecule has 1 atom stereocenters. The summed E-state index contributed by atoms with van der Waals surface area (Å²) >= 11 is 0. The molecule has 3 aromatic rings.